The lowest BCUT2D eigenvalue weighted by atomic mass is 9.69. The van der Waals surface area contributed by atoms with E-state index in [4.69, 9.17) is 71.4 Å². The molecule has 4 unspecified atom stereocenters. The molecule has 0 saturated carbocycles. The van der Waals surface area contributed by atoms with Crippen molar-refractivity contribution in [3.8, 4) is 60.0 Å². The number of aromatic hydroxyl groups is 1. The van der Waals surface area contributed by atoms with Gasteiger partial charge in [0.15, 0.2) is 50.3 Å². The van der Waals surface area contributed by atoms with E-state index in [-0.39, 0.29) is 143 Å². The fourth-order valence-corrected chi connectivity index (χ4v) is 17.7. The first kappa shape index (κ1) is 95.9. The van der Waals surface area contributed by atoms with Crippen molar-refractivity contribution in [2.75, 3.05) is 27.2 Å². The predicted octanol–water partition coefficient (Wildman–Crippen LogP) is 21.3. The highest BCUT2D eigenvalue weighted by molar-refractivity contribution is 9.09. The van der Waals surface area contributed by atoms with Crippen LogP contribution in [0.2, 0.25) is 0 Å². The van der Waals surface area contributed by atoms with Crippen molar-refractivity contribution in [2.45, 2.75) is 201 Å². The average Bonchev–Trinajstić information content (AvgIpc) is 1.55. The first-order chi connectivity index (χ1) is 60.2. The van der Waals surface area contributed by atoms with Gasteiger partial charge in [-0.05, 0) is 225 Å². The molecular weight excluding hydrogens is 1670 g/mol. The molecule has 666 valence electrons. The summed E-state index contributed by atoms with van der Waals surface area (Å²) in [5.74, 6) is 9.46. The average molecular weight is 1790 g/mol. The maximum absolute atomic E-state index is 15.0. The lowest BCUT2D eigenvalue weighted by Crippen LogP contribution is -2.46. The minimum atomic E-state index is -0.800. The molecule has 21 heteroatoms. The summed E-state index contributed by atoms with van der Waals surface area (Å²) >= 11 is 3.14. The second-order valence-electron chi connectivity index (χ2n) is 34.5. The molecule has 4 heterocycles. The van der Waals surface area contributed by atoms with Gasteiger partial charge in [-0.3, -0.25) is 19.2 Å². The lowest BCUT2D eigenvalue weighted by molar-refractivity contribution is -0.126. The van der Waals surface area contributed by atoms with Gasteiger partial charge in [-0.1, -0.05) is 175 Å². The third-order valence-corrected chi connectivity index (χ3v) is 26.3. The fraction of sp³-hybridized carbons (Fsp3) is 0.429. The highest BCUT2D eigenvalue weighted by Gasteiger charge is 2.56. The molecule has 4 aliphatic carbocycles. The smallest absolute Gasteiger partial charge is 0.189 e. The molecule has 0 amide bonds. The molecule has 0 aromatic heterocycles. The van der Waals surface area contributed by atoms with E-state index in [0.717, 1.165) is 39.8 Å². The van der Waals surface area contributed by atoms with Crippen LogP contribution in [0, 0.1) is 147 Å². The van der Waals surface area contributed by atoms with Crippen LogP contribution in [0.15, 0.2) is 187 Å². The number of halogens is 5. The number of fused-ring (bicyclic) bond motifs is 4. The highest BCUT2D eigenvalue weighted by Crippen LogP contribution is 2.52. The first-order valence-corrected chi connectivity index (χ1v) is 44.1. The summed E-state index contributed by atoms with van der Waals surface area (Å²) in [6, 6.07) is 42.3. The number of carbonyl (C=O) groups is 4. The van der Waals surface area contributed by atoms with Gasteiger partial charge in [0.05, 0.1) is 4.83 Å². The number of alkyl halides is 1. The molecule has 7 aromatic rings. The summed E-state index contributed by atoms with van der Waals surface area (Å²) in [5.41, 5.74) is 5.04. The third-order valence-electron chi connectivity index (χ3n) is 26.0. The number of carbonyl (C=O) groups excluding carboxylic acids is 4. The molecule has 4 aliphatic heterocycles. The number of ketones is 4. The molecule has 4 fully saturated rings. The van der Waals surface area contributed by atoms with E-state index >= 15 is 0 Å². The number of ether oxygens (including phenoxy) is 11. The normalized spacial score (nSPS) is 23.6. The van der Waals surface area contributed by atoms with Crippen LogP contribution in [0.1, 0.15) is 162 Å². The summed E-state index contributed by atoms with van der Waals surface area (Å²) in [6.45, 7) is 26.6. The molecular formula is C105H115BrF4O16. The van der Waals surface area contributed by atoms with Crippen molar-refractivity contribution in [3.63, 3.8) is 0 Å². The molecule has 7 aromatic carbocycles. The molecule has 16 nitrogen and oxygen atoms in total. The summed E-state index contributed by atoms with van der Waals surface area (Å²) < 4.78 is 124. The van der Waals surface area contributed by atoms with Crippen molar-refractivity contribution in [1.29, 1.82) is 0 Å². The fourth-order valence-electron chi connectivity index (χ4n) is 17.7. The van der Waals surface area contributed by atoms with Gasteiger partial charge in [0.2, 0.25) is 0 Å². The monoisotopic (exact) mass is 1790 g/mol. The van der Waals surface area contributed by atoms with E-state index in [1.54, 1.807) is 31.2 Å². The number of allylic oxidation sites excluding steroid dienone is 4. The number of rotatable bonds is 25. The summed E-state index contributed by atoms with van der Waals surface area (Å²) in [7, 11) is 0. The van der Waals surface area contributed by atoms with Crippen LogP contribution in [-0.2, 0) is 103 Å². The van der Waals surface area contributed by atoms with E-state index in [9.17, 15) is 41.8 Å². The maximum atomic E-state index is 15.0. The molecule has 0 bridgehead atoms. The number of aryl methyl sites for hydroxylation is 4. The van der Waals surface area contributed by atoms with Gasteiger partial charge in [-0.15, -0.1) is 31.1 Å². The molecule has 1 N–H and O–H groups in total. The van der Waals surface area contributed by atoms with Crippen molar-refractivity contribution >= 4 is 39.1 Å². The van der Waals surface area contributed by atoms with Gasteiger partial charge in [0.25, 0.3) is 0 Å². The zero-order chi connectivity index (χ0) is 91.0. The van der Waals surface area contributed by atoms with Gasteiger partial charge in [0, 0.05) is 60.3 Å². The Labute approximate surface area is 747 Å². The Morgan fingerprint density at radius 1 is 0.429 bits per heavy atom. The van der Waals surface area contributed by atoms with E-state index < -0.39 is 22.4 Å². The Morgan fingerprint density at radius 2 is 0.722 bits per heavy atom. The van der Waals surface area contributed by atoms with Gasteiger partial charge >= 0.3 is 0 Å². The van der Waals surface area contributed by atoms with Gasteiger partial charge in [0.1, 0.15) is 112 Å². The van der Waals surface area contributed by atoms with Gasteiger partial charge < -0.3 is 57.2 Å². The van der Waals surface area contributed by atoms with Crippen LogP contribution < -0.4 is 14.2 Å². The van der Waals surface area contributed by atoms with Crippen LogP contribution >= 0.6 is 15.9 Å². The second kappa shape index (κ2) is 42.7. The summed E-state index contributed by atoms with van der Waals surface area (Å²) in [6.07, 6.45) is 27.2. The number of phenols is 1. The van der Waals surface area contributed by atoms with Gasteiger partial charge in [-0.25, -0.2) is 17.6 Å². The first-order valence-electron chi connectivity index (χ1n) is 43.2. The van der Waals surface area contributed by atoms with Crippen molar-refractivity contribution < 1.29 is 94.0 Å². The molecule has 15 atom stereocenters. The molecule has 8 aliphatic rings. The number of hydrogen-bond acceptors (Lipinski definition) is 16. The molecule has 4 saturated heterocycles. The van der Waals surface area contributed by atoms with E-state index in [1.807, 2.05) is 160 Å². The molecule has 0 radical (unpaired) electrons. The SMILES string of the molecule is C#CC(C)Br.C#CC(C)[C@@H]1C[C@]2([C@@H](C)Cc3cc(OCc4ccccc4)c(C)cc3F)OCOC2=CC1=O.C#CC(C)[C@H]1C[C@]2([C@@H](C)Cc3cc(OCc4ccccc4)c(C)cc3F)OCOC2=CC1=O.CCC(C)[C@H]1C[C@]2([C@@H](C)Cc3cc(O)c(C)cc3F)OCOC2=CC1=O.Cc1cc(F)c(C[C@H](C)[C@]23CCC(=O)C=C2OCO3)cc1OCc1ccccc1. The quantitative estimate of drug-likeness (QED) is 0.0323. The topological polar surface area (TPSA) is 190 Å². The van der Waals surface area contributed by atoms with Crippen LogP contribution in [-0.4, -0.2) is 82.6 Å². The Kier molecular flexibility index (Phi) is 32.5. The zero-order valence-electron chi connectivity index (χ0n) is 74.2. The van der Waals surface area contributed by atoms with Crippen molar-refractivity contribution in [1.82, 2.24) is 0 Å². The molecule has 0 spiro atoms. The minimum Gasteiger partial charge on any atom is -0.508 e. The van der Waals surface area contributed by atoms with E-state index in [0.29, 0.717) is 146 Å². The zero-order valence-corrected chi connectivity index (χ0v) is 75.7. The Hall–Kier alpha value is -10.7. The number of terminal acetylenes is 3. The van der Waals surface area contributed by atoms with Crippen LogP contribution in [0.3, 0.4) is 0 Å². The van der Waals surface area contributed by atoms with E-state index in [2.05, 4.69) is 47.5 Å². The Bertz CT molecular complexity index is 5140. The Balaban J connectivity index is 0.000000161. The van der Waals surface area contributed by atoms with Crippen molar-refractivity contribution in [2.24, 2.45) is 59.2 Å². The maximum Gasteiger partial charge on any atom is 0.189 e. The molecule has 126 heavy (non-hydrogen) atoms. The van der Waals surface area contributed by atoms with Crippen LogP contribution in [0.4, 0.5) is 17.6 Å². The summed E-state index contributed by atoms with van der Waals surface area (Å²) in [5, 5.41) is 9.94. The summed E-state index contributed by atoms with van der Waals surface area (Å²) in [4.78, 5) is 49.7. The second-order valence-corrected chi connectivity index (χ2v) is 35.9. The van der Waals surface area contributed by atoms with Crippen molar-refractivity contribution in [3.05, 3.63) is 271 Å². The number of hydrogen-bond donors (Lipinski definition) is 1. The highest BCUT2D eigenvalue weighted by atomic mass is 79.9. The van der Waals surface area contributed by atoms with Crippen LogP contribution in [0.25, 0.3) is 0 Å². The Morgan fingerprint density at radius 3 is 1.05 bits per heavy atom. The predicted molar refractivity (Wildman–Crippen MR) is 478 cm³/mol. The third kappa shape index (κ3) is 22.3. The number of phenolic OH excluding ortho intramolecular Hbond substituents is 1. The lowest BCUT2D eigenvalue weighted by Gasteiger charge is -2.40. The number of benzene rings is 7. The minimum absolute atomic E-state index is 0.0399. The largest absolute Gasteiger partial charge is 0.508 e. The van der Waals surface area contributed by atoms with Gasteiger partial charge in [-0.2, -0.15) is 0 Å². The standard InChI is InChI=1S/2C28H29FO4.C24H25FO4.C21H27FO4.C4H5Br/c2*1-5-18(2)23-15-28(27(14-25(23)30)32-17-33-28)20(4)12-22-13-26(19(3)11-24(22)29)31-16-21-9-7-6-8-10-21;1-16-10-21(25)19(12-22(16)27-14-18-6-4-3-5-7-18)11-17(2)24-9-8-20(26)13-23(24)28-15-29-24;1-5-12(2)16-10-21(20(9-19(16)24)25-11-26-21)14(4)7-15-8-18(23)13(3)6-17(15)22;1-3-4(2)5/h2*1,6-11,13-14,18,20,23H,12,15-17H2,2-4H3;3-7,10,12-13,17H,8-9,11,14-15H2,1-2H3;6,8-9,12,14,16,23H,5,7,10-11H2,1-4H3;1,4H,2H3/t18?,20-,23+,28+;18?,20-,23-,28+;17-,24+;12?,14-,16+,21+;/m0000./s1. The van der Waals surface area contributed by atoms with Crippen LogP contribution in [0.5, 0.6) is 23.0 Å². The van der Waals surface area contributed by atoms with E-state index in [1.165, 1.54) is 48.6 Å². The molecule has 15 rings (SSSR count).